The van der Waals surface area contributed by atoms with Gasteiger partial charge in [0.25, 0.3) is 0 Å². The summed E-state index contributed by atoms with van der Waals surface area (Å²) >= 11 is 0. The van der Waals surface area contributed by atoms with Crippen molar-refractivity contribution in [3.8, 4) is 0 Å². The number of hydrogen-bond acceptors (Lipinski definition) is 5. The minimum atomic E-state index is 0.450. The molecule has 0 amide bonds. The lowest BCUT2D eigenvalue weighted by molar-refractivity contribution is 0.556. The van der Waals surface area contributed by atoms with Crippen LogP contribution in [0, 0.1) is 0 Å². The first kappa shape index (κ1) is 9.14. The lowest BCUT2D eigenvalue weighted by atomic mass is 10.3. The normalized spacial score (nSPS) is 14.9. The first-order chi connectivity index (χ1) is 7.83. The molecule has 3 heterocycles. The van der Waals surface area contributed by atoms with Crippen LogP contribution in [0.2, 0.25) is 0 Å². The predicted molar refractivity (Wildman–Crippen MR) is 59.7 cm³/mol. The monoisotopic (exact) mass is 216 g/mol. The van der Waals surface area contributed by atoms with E-state index in [-0.39, 0.29) is 0 Å². The standard InChI is InChI=1S/C10H12N6/c11-8-5-12-6-9(14-8)16-4-3-15-2-1-13-10(15)7-16/h1-2,5-6H,3-4,7H2,(H2,11,14). The van der Waals surface area contributed by atoms with Gasteiger partial charge in [0.15, 0.2) is 0 Å². The zero-order valence-corrected chi connectivity index (χ0v) is 8.74. The van der Waals surface area contributed by atoms with Crippen LogP contribution >= 0.6 is 0 Å². The topological polar surface area (TPSA) is 72.9 Å². The highest BCUT2D eigenvalue weighted by Gasteiger charge is 2.17. The molecule has 2 N–H and O–H groups in total. The Bertz CT molecular complexity index is 506. The average molecular weight is 216 g/mol. The summed E-state index contributed by atoms with van der Waals surface area (Å²) in [5.74, 6) is 2.32. The summed E-state index contributed by atoms with van der Waals surface area (Å²) in [6.45, 7) is 2.58. The van der Waals surface area contributed by atoms with E-state index in [4.69, 9.17) is 5.73 Å². The lowest BCUT2D eigenvalue weighted by Crippen LogP contribution is -2.34. The second-order valence-electron chi connectivity index (χ2n) is 3.76. The smallest absolute Gasteiger partial charge is 0.150 e. The minimum Gasteiger partial charge on any atom is -0.382 e. The van der Waals surface area contributed by atoms with Crippen LogP contribution < -0.4 is 10.6 Å². The fourth-order valence-corrected chi connectivity index (χ4v) is 1.89. The molecule has 0 saturated heterocycles. The van der Waals surface area contributed by atoms with Gasteiger partial charge in [-0.05, 0) is 0 Å². The maximum atomic E-state index is 5.62. The maximum Gasteiger partial charge on any atom is 0.150 e. The van der Waals surface area contributed by atoms with E-state index in [9.17, 15) is 0 Å². The van der Waals surface area contributed by atoms with Crippen LogP contribution in [0.1, 0.15) is 5.82 Å². The van der Waals surface area contributed by atoms with Gasteiger partial charge in [0.05, 0.1) is 18.9 Å². The highest BCUT2D eigenvalue weighted by Crippen LogP contribution is 2.17. The first-order valence-corrected chi connectivity index (χ1v) is 5.15. The summed E-state index contributed by atoms with van der Waals surface area (Å²) in [6, 6.07) is 0. The number of aromatic nitrogens is 4. The van der Waals surface area contributed by atoms with Crippen molar-refractivity contribution >= 4 is 11.6 Å². The highest BCUT2D eigenvalue weighted by atomic mass is 15.3. The Kier molecular flexibility index (Phi) is 1.99. The molecule has 0 saturated carbocycles. The Morgan fingerprint density at radius 2 is 2.19 bits per heavy atom. The molecular weight excluding hydrogens is 204 g/mol. The van der Waals surface area contributed by atoms with Gasteiger partial charge in [-0.1, -0.05) is 0 Å². The third-order valence-electron chi connectivity index (χ3n) is 2.71. The summed E-state index contributed by atoms with van der Waals surface area (Å²) < 4.78 is 2.15. The van der Waals surface area contributed by atoms with Crippen molar-refractivity contribution in [2.24, 2.45) is 0 Å². The van der Waals surface area contributed by atoms with Crippen LogP contribution in [0.3, 0.4) is 0 Å². The minimum absolute atomic E-state index is 0.450. The Hall–Kier alpha value is -2.11. The van der Waals surface area contributed by atoms with Gasteiger partial charge in [-0.3, -0.25) is 4.98 Å². The molecule has 0 aromatic carbocycles. The van der Waals surface area contributed by atoms with E-state index in [1.54, 1.807) is 12.4 Å². The molecule has 82 valence electrons. The largest absolute Gasteiger partial charge is 0.382 e. The highest BCUT2D eigenvalue weighted by molar-refractivity contribution is 5.42. The fourth-order valence-electron chi connectivity index (χ4n) is 1.89. The number of nitrogens with two attached hydrogens (primary N) is 1. The number of anilines is 2. The molecule has 6 nitrogen and oxygen atoms in total. The average Bonchev–Trinajstić information content (AvgIpc) is 2.75. The van der Waals surface area contributed by atoms with Crippen LogP contribution in [0.4, 0.5) is 11.6 Å². The van der Waals surface area contributed by atoms with Crippen molar-refractivity contribution in [3.63, 3.8) is 0 Å². The molecule has 0 spiro atoms. The molecule has 0 atom stereocenters. The zero-order valence-electron chi connectivity index (χ0n) is 8.74. The quantitative estimate of drug-likeness (QED) is 0.741. The van der Waals surface area contributed by atoms with Gasteiger partial charge >= 0.3 is 0 Å². The van der Waals surface area contributed by atoms with Crippen molar-refractivity contribution in [2.45, 2.75) is 13.1 Å². The number of nitrogens with zero attached hydrogens (tertiary/aromatic N) is 5. The molecule has 6 heteroatoms. The van der Waals surface area contributed by atoms with E-state index in [1.807, 2.05) is 12.4 Å². The Morgan fingerprint density at radius 3 is 3.06 bits per heavy atom. The third kappa shape index (κ3) is 1.48. The Balaban J connectivity index is 1.88. The number of hydrogen-bond donors (Lipinski definition) is 1. The van der Waals surface area contributed by atoms with Crippen molar-refractivity contribution < 1.29 is 0 Å². The Labute approximate surface area is 92.8 Å². The van der Waals surface area contributed by atoms with Gasteiger partial charge in [-0.15, -0.1) is 0 Å². The van der Waals surface area contributed by atoms with Crippen LogP contribution in [-0.4, -0.2) is 26.1 Å². The molecule has 3 rings (SSSR count). The number of rotatable bonds is 1. The van der Waals surface area contributed by atoms with Crippen LogP contribution in [0.25, 0.3) is 0 Å². The summed E-state index contributed by atoms with van der Waals surface area (Å²) in [5.41, 5.74) is 5.62. The molecule has 1 aliphatic heterocycles. The second kappa shape index (κ2) is 3.48. The van der Waals surface area contributed by atoms with Gasteiger partial charge in [0.1, 0.15) is 17.5 Å². The summed E-state index contributed by atoms with van der Waals surface area (Å²) in [5, 5.41) is 0. The summed E-state index contributed by atoms with van der Waals surface area (Å²) in [4.78, 5) is 14.7. The van der Waals surface area contributed by atoms with Gasteiger partial charge < -0.3 is 15.2 Å². The molecule has 1 aliphatic rings. The van der Waals surface area contributed by atoms with Crippen LogP contribution in [-0.2, 0) is 13.1 Å². The molecule has 16 heavy (non-hydrogen) atoms. The number of imidazole rings is 1. The lowest BCUT2D eigenvalue weighted by Gasteiger charge is -2.28. The number of fused-ring (bicyclic) bond motifs is 1. The molecule has 2 aromatic rings. The van der Waals surface area contributed by atoms with Crippen molar-refractivity contribution in [1.29, 1.82) is 0 Å². The van der Waals surface area contributed by atoms with Crippen molar-refractivity contribution in [3.05, 3.63) is 30.6 Å². The Morgan fingerprint density at radius 1 is 1.25 bits per heavy atom. The molecule has 0 aliphatic carbocycles. The molecule has 0 unspecified atom stereocenters. The van der Waals surface area contributed by atoms with Crippen molar-refractivity contribution in [2.75, 3.05) is 17.2 Å². The van der Waals surface area contributed by atoms with Crippen LogP contribution in [0.5, 0.6) is 0 Å². The number of nitrogen functional groups attached to an aromatic ring is 1. The third-order valence-corrected chi connectivity index (χ3v) is 2.71. The van der Waals surface area contributed by atoms with E-state index < -0.39 is 0 Å². The van der Waals surface area contributed by atoms with Crippen molar-refractivity contribution in [1.82, 2.24) is 19.5 Å². The molecule has 0 fully saturated rings. The van der Waals surface area contributed by atoms with E-state index >= 15 is 0 Å². The summed E-state index contributed by atoms with van der Waals surface area (Å²) in [7, 11) is 0. The van der Waals surface area contributed by atoms with Gasteiger partial charge in [-0.2, -0.15) is 0 Å². The molecular formula is C10H12N6. The van der Waals surface area contributed by atoms with Crippen LogP contribution in [0.15, 0.2) is 24.8 Å². The van der Waals surface area contributed by atoms with Gasteiger partial charge in [0, 0.05) is 25.5 Å². The molecule has 0 bridgehead atoms. The van der Waals surface area contributed by atoms with E-state index in [0.717, 1.165) is 31.3 Å². The first-order valence-electron chi connectivity index (χ1n) is 5.15. The van der Waals surface area contributed by atoms with Gasteiger partial charge in [0.2, 0.25) is 0 Å². The zero-order chi connectivity index (χ0) is 11.0. The summed E-state index contributed by atoms with van der Waals surface area (Å²) in [6.07, 6.45) is 7.10. The van der Waals surface area contributed by atoms with E-state index in [2.05, 4.69) is 24.4 Å². The predicted octanol–water partition coefficient (Wildman–Crippen LogP) is 0.275. The molecule has 0 radical (unpaired) electrons. The van der Waals surface area contributed by atoms with E-state index in [1.165, 1.54) is 0 Å². The maximum absolute atomic E-state index is 5.62. The fraction of sp³-hybridized carbons (Fsp3) is 0.300. The SMILES string of the molecule is Nc1cncc(N2CCn3ccnc3C2)n1. The van der Waals surface area contributed by atoms with E-state index in [0.29, 0.717) is 5.82 Å². The second-order valence-corrected chi connectivity index (χ2v) is 3.76. The molecule has 2 aromatic heterocycles. The van der Waals surface area contributed by atoms with Gasteiger partial charge in [-0.25, -0.2) is 9.97 Å².